The molecule has 1 aromatic heterocycles. The number of hydrogen-bond donors (Lipinski definition) is 0. The summed E-state index contributed by atoms with van der Waals surface area (Å²) in [5, 5.41) is 0.945. The molecule has 0 N–H and O–H groups in total. The SMILES string of the molecule is COc1ccccc1C1CCN(CCCn2cc(C(=O)c3ccccc3)c3cccc(OC)c32)CC1. The van der Waals surface area contributed by atoms with E-state index in [9.17, 15) is 4.79 Å². The molecule has 1 saturated heterocycles. The minimum absolute atomic E-state index is 0.0472. The van der Waals surface area contributed by atoms with Gasteiger partial charge in [-0.15, -0.1) is 0 Å². The minimum Gasteiger partial charge on any atom is -0.496 e. The summed E-state index contributed by atoms with van der Waals surface area (Å²) in [6, 6.07) is 23.9. The highest BCUT2D eigenvalue weighted by Gasteiger charge is 2.23. The van der Waals surface area contributed by atoms with E-state index in [0.29, 0.717) is 11.5 Å². The Morgan fingerprint density at radius 1 is 0.833 bits per heavy atom. The molecule has 5 rings (SSSR count). The van der Waals surface area contributed by atoms with Gasteiger partial charge in [-0.1, -0.05) is 60.7 Å². The molecule has 1 fully saturated rings. The number of hydrogen-bond acceptors (Lipinski definition) is 4. The van der Waals surface area contributed by atoms with Crippen molar-refractivity contribution >= 4 is 16.7 Å². The standard InChI is InChI=1S/C31H34N2O3/c1-35-28-14-7-6-12-25(28)23-16-20-32(21-17-23)18-9-19-33-22-27(31(34)24-10-4-3-5-11-24)26-13-8-15-29(36-2)30(26)33/h3-8,10-15,22-23H,9,16-21H2,1-2H3. The summed E-state index contributed by atoms with van der Waals surface area (Å²) in [5.74, 6) is 2.41. The maximum absolute atomic E-state index is 13.3. The second kappa shape index (κ2) is 11.0. The molecule has 0 bridgehead atoms. The number of ketones is 1. The predicted molar refractivity (Wildman–Crippen MR) is 144 cm³/mol. The zero-order valence-corrected chi connectivity index (χ0v) is 21.2. The lowest BCUT2D eigenvalue weighted by Gasteiger charge is -2.32. The Bertz CT molecular complexity index is 1320. The van der Waals surface area contributed by atoms with Gasteiger partial charge < -0.3 is 18.9 Å². The number of likely N-dealkylation sites (tertiary alicyclic amines) is 1. The van der Waals surface area contributed by atoms with Crippen molar-refractivity contribution in [2.24, 2.45) is 0 Å². The molecule has 0 aliphatic carbocycles. The topological polar surface area (TPSA) is 43.7 Å². The van der Waals surface area contributed by atoms with Crippen molar-refractivity contribution in [2.45, 2.75) is 31.7 Å². The van der Waals surface area contributed by atoms with Crippen LogP contribution in [0.3, 0.4) is 0 Å². The Labute approximate surface area is 213 Å². The Hall–Kier alpha value is -3.57. The molecule has 0 amide bonds. The summed E-state index contributed by atoms with van der Waals surface area (Å²) in [4.78, 5) is 15.9. The zero-order valence-electron chi connectivity index (χ0n) is 21.2. The lowest BCUT2D eigenvalue weighted by Crippen LogP contribution is -2.34. The molecule has 0 unspecified atom stereocenters. The maximum atomic E-state index is 13.3. The van der Waals surface area contributed by atoms with Gasteiger partial charge >= 0.3 is 0 Å². The fraction of sp³-hybridized carbons (Fsp3) is 0.323. The molecule has 5 nitrogen and oxygen atoms in total. The second-order valence-corrected chi connectivity index (χ2v) is 9.50. The molecule has 36 heavy (non-hydrogen) atoms. The molecule has 1 aliphatic heterocycles. The van der Waals surface area contributed by atoms with Crippen LogP contribution in [-0.2, 0) is 6.54 Å². The molecular weight excluding hydrogens is 448 g/mol. The summed E-state index contributed by atoms with van der Waals surface area (Å²) >= 11 is 0. The molecule has 1 aliphatic rings. The molecule has 0 saturated carbocycles. The first-order chi connectivity index (χ1) is 17.7. The summed E-state index contributed by atoms with van der Waals surface area (Å²) in [7, 11) is 3.45. The first kappa shape index (κ1) is 24.1. The van der Waals surface area contributed by atoms with Crippen molar-refractivity contribution in [3.63, 3.8) is 0 Å². The number of rotatable bonds is 9. The fourth-order valence-corrected chi connectivity index (χ4v) is 5.53. The van der Waals surface area contributed by atoms with Gasteiger partial charge in [-0.25, -0.2) is 0 Å². The van der Waals surface area contributed by atoms with E-state index in [0.717, 1.165) is 73.4 Å². The van der Waals surface area contributed by atoms with E-state index in [-0.39, 0.29) is 5.78 Å². The van der Waals surface area contributed by atoms with Crippen LogP contribution in [0.2, 0.25) is 0 Å². The number of ether oxygens (including phenoxy) is 2. The van der Waals surface area contributed by atoms with Crippen LogP contribution in [0.4, 0.5) is 0 Å². The molecule has 0 spiro atoms. The third-order valence-corrected chi connectivity index (χ3v) is 7.40. The summed E-state index contributed by atoms with van der Waals surface area (Å²) in [6.07, 6.45) is 5.32. The largest absolute Gasteiger partial charge is 0.496 e. The number of benzene rings is 3. The van der Waals surface area contributed by atoms with Crippen LogP contribution >= 0.6 is 0 Å². The van der Waals surface area contributed by atoms with Gasteiger partial charge in [-0.05, 0) is 62.5 Å². The van der Waals surface area contributed by atoms with Crippen LogP contribution in [0.5, 0.6) is 11.5 Å². The monoisotopic (exact) mass is 482 g/mol. The smallest absolute Gasteiger partial charge is 0.195 e. The van der Waals surface area contributed by atoms with Gasteiger partial charge in [0, 0.05) is 29.3 Å². The number of piperidine rings is 1. The third kappa shape index (κ3) is 4.89. The van der Waals surface area contributed by atoms with Gasteiger partial charge in [0.25, 0.3) is 0 Å². The average molecular weight is 483 g/mol. The van der Waals surface area contributed by atoms with Crippen molar-refractivity contribution in [1.82, 2.24) is 9.47 Å². The molecule has 5 heteroatoms. The van der Waals surface area contributed by atoms with Crippen molar-refractivity contribution in [3.8, 4) is 11.5 Å². The van der Waals surface area contributed by atoms with Gasteiger partial charge in [0.1, 0.15) is 11.5 Å². The number of nitrogens with zero attached hydrogens (tertiary/aromatic N) is 2. The van der Waals surface area contributed by atoms with Crippen molar-refractivity contribution in [3.05, 3.63) is 95.7 Å². The van der Waals surface area contributed by atoms with Gasteiger partial charge in [0.2, 0.25) is 0 Å². The number of aromatic nitrogens is 1. The van der Waals surface area contributed by atoms with Crippen LogP contribution in [0, 0.1) is 0 Å². The highest BCUT2D eigenvalue weighted by Crippen LogP contribution is 2.34. The van der Waals surface area contributed by atoms with Gasteiger partial charge in [-0.2, -0.15) is 0 Å². The van der Waals surface area contributed by atoms with E-state index in [4.69, 9.17) is 9.47 Å². The zero-order chi connectivity index (χ0) is 24.9. The minimum atomic E-state index is 0.0472. The van der Waals surface area contributed by atoms with Crippen LogP contribution in [-0.4, -0.2) is 49.1 Å². The third-order valence-electron chi connectivity index (χ3n) is 7.40. The number of aryl methyl sites for hydroxylation is 1. The number of carbonyl (C=O) groups is 1. The van der Waals surface area contributed by atoms with Gasteiger partial charge in [-0.3, -0.25) is 4.79 Å². The molecule has 4 aromatic rings. The molecule has 3 aromatic carbocycles. The van der Waals surface area contributed by atoms with E-state index in [2.05, 4.69) is 27.7 Å². The lowest BCUT2D eigenvalue weighted by molar-refractivity contribution is 0.104. The summed E-state index contributed by atoms with van der Waals surface area (Å²) in [5.41, 5.74) is 3.76. The lowest BCUT2D eigenvalue weighted by atomic mass is 9.89. The Kier molecular flexibility index (Phi) is 7.38. The number of fused-ring (bicyclic) bond motifs is 1. The first-order valence-corrected chi connectivity index (χ1v) is 12.8. The number of methoxy groups -OCH3 is 2. The predicted octanol–water partition coefficient (Wildman–Crippen LogP) is 6.16. The first-order valence-electron chi connectivity index (χ1n) is 12.8. The van der Waals surface area contributed by atoms with Crippen LogP contribution < -0.4 is 9.47 Å². The molecule has 186 valence electrons. The van der Waals surface area contributed by atoms with E-state index in [1.165, 1.54) is 5.56 Å². The second-order valence-electron chi connectivity index (χ2n) is 9.50. The molecule has 0 atom stereocenters. The maximum Gasteiger partial charge on any atom is 0.195 e. The molecular formula is C31H34N2O3. The van der Waals surface area contributed by atoms with E-state index in [1.807, 2.05) is 60.8 Å². The molecule has 2 heterocycles. The normalized spacial score (nSPS) is 14.7. The highest BCUT2D eigenvalue weighted by molar-refractivity contribution is 6.17. The van der Waals surface area contributed by atoms with Crippen molar-refractivity contribution < 1.29 is 14.3 Å². The Morgan fingerprint density at radius 2 is 1.53 bits per heavy atom. The van der Waals surface area contributed by atoms with Crippen LogP contribution in [0.15, 0.2) is 79.0 Å². The summed E-state index contributed by atoms with van der Waals surface area (Å²) in [6.45, 7) is 4.06. The van der Waals surface area contributed by atoms with Gasteiger partial charge in [0.05, 0.1) is 19.7 Å². The fourth-order valence-electron chi connectivity index (χ4n) is 5.53. The van der Waals surface area contributed by atoms with E-state index >= 15 is 0 Å². The van der Waals surface area contributed by atoms with E-state index in [1.54, 1.807) is 14.2 Å². The quantitative estimate of drug-likeness (QED) is 0.268. The van der Waals surface area contributed by atoms with Crippen molar-refractivity contribution in [1.29, 1.82) is 0 Å². The Balaban J connectivity index is 1.27. The van der Waals surface area contributed by atoms with Gasteiger partial charge in [0.15, 0.2) is 5.78 Å². The number of para-hydroxylation sites is 2. The van der Waals surface area contributed by atoms with Crippen LogP contribution in [0.25, 0.3) is 10.9 Å². The van der Waals surface area contributed by atoms with E-state index < -0.39 is 0 Å². The summed E-state index contributed by atoms with van der Waals surface area (Å²) < 4.78 is 13.5. The van der Waals surface area contributed by atoms with Crippen LogP contribution in [0.1, 0.15) is 46.7 Å². The Morgan fingerprint density at radius 3 is 2.28 bits per heavy atom. The number of carbonyl (C=O) groups excluding carboxylic acids is 1. The average Bonchev–Trinajstić information content (AvgIpc) is 3.32. The van der Waals surface area contributed by atoms with Crippen molar-refractivity contribution in [2.75, 3.05) is 33.9 Å². The molecule has 0 radical (unpaired) electrons. The highest BCUT2D eigenvalue weighted by atomic mass is 16.5.